The van der Waals surface area contributed by atoms with Gasteiger partial charge in [0.2, 0.25) is 0 Å². The standard InChI is InChI=1S/C25H25ClN4O3/c1-16-23(30-15-19(26)8-9-22(30)28-16)25(31)29-10-4-6-18(14-29)24-27-13-21(33-24)12-17-5-3-7-20(11-17)32-2/h3,5,7-9,11,13,15,18H,4,6,10,12,14H2,1-2H3/t18-/m0/s1. The lowest BCUT2D eigenvalue weighted by Gasteiger charge is -2.31. The zero-order valence-corrected chi connectivity index (χ0v) is 19.4. The van der Waals surface area contributed by atoms with Crippen LogP contribution in [0.1, 0.15) is 52.2 Å². The average Bonchev–Trinajstić information content (AvgIpc) is 3.42. The quantitative estimate of drug-likeness (QED) is 0.420. The van der Waals surface area contributed by atoms with E-state index in [-0.39, 0.29) is 11.8 Å². The van der Waals surface area contributed by atoms with Gasteiger partial charge in [0.1, 0.15) is 22.9 Å². The van der Waals surface area contributed by atoms with Crippen molar-refractivity contribution in [3.8, 4) is 5.75 Å². The topological polar surface area (TPSA) is 72.9 Å². The second-order valence-corrected chi connectivity index (χ2v) is 8.84. The SMILES string of the molecule is COc1cccc(Cc2cnc([C@H]3CCCN(C(=O)c4c(C)nc5ccc(Cl)cn45)C3)o2)c1. The van der Waals surface area contributed by atoms with Crippen LogP contribution in [0.25, 0.3) is 5.65 Å². The van der Waals surface area contributed by atoms with E-state index in [1.54, 1.807) is 30.0 Å². The van der Waals surface area contributed by atoms with Gasteiger partial charge in [-0.2, -0.15) is 0 Å². The highest BCUT2D eigenvalue weighted by atomic mass is 35.5. The number of carbonyl (C=O) groups excluding carboxylic acids is 1. The van der Waals surface area contributed by atoms with Gasteiger partial charge in [-0.1, -0.05) is 23.7 Å². The molecule has 1 aliphatic heterocycles. The lowest BCUT2D eigenvalue weighted by Crippen LogP contribution is -2.40. The van der Waals surface area contributed by atoms with Gasteiger partial charge in [-0.15, -0.1) is 0 Å². The van der Waals surface area contributed by atoms with Crippen LogP contribution in [0.3, 0.4) is 0 Å². The Morgan fingerprint density at radius 1 is 1.30 bits per heavy atom. The number of piperidine rings is 1. The predicted octanol–water partition coefficient (Wildman–Crippen LogP) is 4.90. The van der Waals surface area contributed by atoms with E-state index >= 15 is 0 Å². The molecule has 1 aromatic carbocycles. The normalized spacial score (nSPS) is 16.3. The van der Waals surface area contributed by atoms with Gasteiger partial charge >= 0.3 is 0 Å². The van der Waals surface area contributed by atoms with Crippen LogP contribution < -0.4 is 4.74 Å². The second kappa shape index (κ2) is 8.90. The summed E-state index contributed by atoms with van der Waals surface area (Å²) in [5, 5.41) is 0.564. The summed E-state index contributed by atoms with van der Waals surface area (Å²) in [6, 6.07) is 11.5. The fourth-order valence-corrected chi connectivity index (χ4v) is 4.64. The molecule has 5 rings (SSSR count). The maximum absolute atomic E-state index is 13.4. The number of carbonyl (C=O) groups is 1. The van der Waals surface area contributed by atoms with Crippen LogP contribution in [0, 0.1) is 6.92 Å². The molecule has 0 bridgehead atoms. The minimum absolute atomic E-state index is 0.0462. The first kappa shape index (κ1) is 21.5. The van der Waals surface area contributed by atoms with Gasteiger partial charge in [-0.3, -0.25) is 9.20 Å². The van der Waals surface area contributed by atoms with E-state index in [1.165, 1.54) is 0 Å². The number of aryl methyl sites for hydroxylation is 1. The fraction of sp³-hybridized carbons (Fsp3) is 0.320. The van der Waals surface area contributed by atoms with Gasteiger partial charge in [0.25, 0.3) is 5.91 Å². The first-order valence-electron chi connectivity index (χ1n) is 11.0. The lowest BCUT2D eigenvalue weighted by molar-refractivity contribution is 0.0690. The number of hydrogen-bond donors (Lipinski definition) is 0. The third kappa shape index (κ3) is 4.33. The molecule has 170 valence electrons. The van der Waals surface area contributed by atoms with E-state index < -0.39 is 0 Å². The Bertz CT molecular complexity index is 1310. The Morgan fingerprint density at radius 2 is 2.18 bits per heavy atom. The number of rotatable bonds is 5. The summed E-state index contributed by atoms with van der Waals surface area (Å²) >= 11 is 6.17. The molecule has 1 fully saturated rings. The van der Waals surface area contributed by atoms with E-state index in [9.17, 15) is 4.79 Å². The van der Waals surface area contributed by atoms with Crippen LogP contribution in [0.4, 0.5) is 0 Å². The summed E-state index contributed by atoms with van der Waals surface area (Å²) in [7, 11) is 1.66. The minimum atomic E-state index is -0.0462. The number of benzene rings is 1. The number of halogens is 1. The summed E-state index contributed by atoms with van der Waals surface area (Å²) in [4.78, 5) is 24.4. The van der Waals surface area contributed by atoms with Crippen LogP contribution in [0.2, 0.25) is 5.02 Å². The highest BCUT2D eigenvalue weighted by Crippen LogP contribution is 2.29. The number of nitrogens with zero attached hydrogens (tertiary/aromatic N) is 4. The molecule has 1 amide bonds. The van der Waals surface area contributed by atoms with Crippen molar-refractivity contribution >= 4 is 23.2 Å². The number of hydrogen-bond acceptors (Lipinski definition) is 5. The third-order valence-electron chi connectivity index (χ3n) is 6.10. The van der Waals surface area contributed by atoms with E-state index in [0.717, 1.165) is 29.9 Å². The molecule has 0 unspecified atom stereocenters. The molecule has 3 aromatic heterocycles. The number of ether oxygens (including phenoxy) is 1. The van der Waals surface area contributed by atoms with Gasteiger partial charge in [-0.05, 0) is 49.6 Å². The van der Waals surface area contributed by atoms with Crippen molar-refractivity contribution in [1.82, 2.24) is 19.3 Å². The van der Waals surface area contributed by atoms with Crippen LogP contribution in [0.15, 0.2) is 53.2 Å². The number of pyridine rings is 1. The zero-order valence-electron chi connectivity index (χ0n) is 18.6. The van der Waals surface area contributed by atoms with Crippen LogP contribution in [-0.4, -0.2) is 45.4 Å². The Kier molecular flexibility index (Phi) is 5.81. The van der Waals surface area contributed by atoms with Crippen LogP contribution >= 0.6 is 11.6 Å². The summed E-state index contributed by atoms with van der Waals surface area (Å²) in [5.41, 5.74) is 3.06. The molecule has 4 aromatic rings. The van der Waals surface area contributed by atoms with Gasteiger partial charge in [0.15, 0.2) is 5.89 Å². The summed E-state index contributed by atoms with van der Waals surface area (Å²) < 4.78 is 13.2. The maximum atomic E-state index is 13.4. The molecule has 1 aliphatic rings. The first-order valence-corrected chi connectivity index (χ1v) is 11.4. The van der Waals surface area contributed by atoms with E-state index in [2.05, 4.69) is 9.97 Å². The molecule has 0 saturated carbocycles. The van der Waals surface area contributed by atoms with E-state index in [0.29, 0.717) is 47.5 Å². The molecule has 0 spiro atoms. The Morgan fingerprint density at radius 3 is 3.03 bits per heavy atom. The number of methoxy groups -OCH3 is 1. The van der Waals surface area contributed by atoms with Gasteiger partial charge in [0, 0.05) is 25.7 Å². The Labute approximate surface area is 197 Å². The molecule has 1 atom stereocenters. The molecular weight excluding hydrogens is 440 g/mol. The molecular formula is C25H25ClN4O3. The smallest absolute Gasteiger partial charge is 0.272 e. The summed E-state index contributed by atoms with van der Waals surface area (Å²) in [6.07, 6.45) is 5.99. The maximum Gasteiger partial charge on any atom is 0.272 e. The molecule has 7 nitrogen and oxygen atoms in total. The lowest BCUT2D eigenvalue weighted by atomic mass is 9.97. The molecule has 1 saturated heterocycles. The van der Waals surface area contributed by atoms with Crippen molar-refractivity contribution in [3.05, 3.63) is 82.4 Å². The number of imidazole rings is 1. The fourth-order valence-electron chi connectivity index (χ4n) is 4.48. The number of fused-ring (bicyclic) bond motifs is 1. The zero-order chi connectivity index (χ0) is 22.9. The third-order valence-corrected chi connectivity index (χ3v) is 6.32. The molecule has 0 radical (unpaired) electrons. The van der Waals surface area contributed by atoms with Crippen LogP contribution in [0.5, 0.6) is 5.75 Å². The van der Waals surface area contributed by atoms with Crippen molar-refractivity contribution in [2.24, 2.45) is 0 Å². The van der Waals surface area contributed by atoms with Gasteiger partial charge < -0.3 is 14.1 Å². The second-order valence-electron chi connectivity index (χ2n) is 8.40. The summed E-state index contributed by atoms with van der Waals surface area (Å²) in [6.45, 7) is 3.11. The van der Waals surface area contributed by atoms with Gasteiger partial charge in [0.05, 0.1) is 29.9 Å². The van der Waals surface area contributed by atoms with Crippen molar-refractivity contribution in [2.45, 2.75) is 32.1 Å². The van der Waals surface area contributed by atoms with Gasteiger partial charge in [-0.25, -0.2) is 9.97 Å². The monoisotopic (exact) mass is 464 g/mol. The van der Waals surface area contributed by atoms with Crippen molar-refractivity contribution in [1.29, 1.82) is 0 Å². The van der Waals surface area contributed by atoms with Crippen molar-refractivity contribution in [3.63, 3.8) is 0 Å². The average molecular weight is 465 g/mol. The molecule has 33 heavy (non-hydrogen) atoms. The highest BCUT2D eigenvalue weighted by molar-refractivity contribution is 6.30. The Hall–Kier alpha value is -3.32. The van der Waals surface area contributed by atoms with Crippen molar-refractivity contribution in [2.75, 3.05) is 20.2 Å². The molecule has 0 N–H and O–H groups in total. The Balaban J connectivity index is 1.33. The van der Waals surface area contributed by atoms with Crippen molar-refractivity contribution < 1.29 is 13.9 Å². The predicted molar refractivity (Wildman–Crippen MR) is 125 cm³/mol. The number of aromatic nitrogens is 3. The summed E-state index contributed by atoms with van der Waals surface area (Å²) in [5.74, 6) is 2.31. The molecule has 4 heterocycles. The highest BCUT2D eigenvalue weighted by Gasteiger charge is 2.30. The van der Waals surface area contributed by atoms with E-state index in [4.69, 9.17) is 20.8 Å². The largest absolute Gasteiger partial charge is 0.497 e. The molecule has 0 aliphatic carbocycles. The minimum Gasteiger partial charge on any atom is -0.497 e. The van der Waals surface area contributed by atoms with E-state index in [1.807, 2.05) is 42.2 Å². The van der Waals surface area contributed by atoms with Crippen LogP contribution in [-0.2, 0) is 6.42 Å². The molecule has 8 heteroatoms. The number of amides is 1. The first-order chi connectivity index (χ1) is 16.0. The number of likely N-dealkylation sites (tertiary alicyclic amines) is 1. The number of oxazole rings is 1.